The van der Waals surface area contributed by atoms with Gasteiger partial charge in [-0.2, -0.15) is 13.2 Å². The molecule has 0 aliphatic carbocycles. The SMILES string of the molecule is COc1ccc(CNC(=O)c2sccc2OC2OC(CO)C(O)C(O)C2O)cc1.COc1ccc(Cc2sc(C(F)(F)F)cc2OC2OC(CO)C(O)C(O)C2O)cc1. The Balaban J connectivity index is 0.000000224. The molecule has 0 spiro atoms. The Morgan fingerprint density at radius 3 is 1.68 bits per heavy atom. The molecule has 21 heteroatoms. The van der Waals surface area contributed by atoms with Gasteiger partial charge in [0.15, 0.2) is 0 Å². The van der Waals surface area contributed by atoms with Gasteiger partial charge in [-0.1, -0.05) is 24.3 Å². The van der Waals surface area contributed by atoms with Crippen LogP contribution in [0.2, 0.25) is 0 Å². The highest BCUT2D eigenvalue weighted by molar-refractivity contribution is 7.12. The lowest BCUT2D eigenvalue weighted by atomic mass is 9.99. The highest BCUT2D eigenvalue weighted by atomic mass is 32.1. The monoisotopic (exact) mass is 875 g/mol. The number of nitrogens with one attached hydrogen (secondary N) is 1. The highest BCUT2D eigenvalue weighted by Crippen LogP contribution is 2.42. The molecule has 9 N–H and O–H groups in total. The van der Waals surface area contributed by atoms with Crippen LogP contribution in [0.5, 0.6) is 23.0 Å². The van der Waals surface area contributed by atoms with Crippen molar-refractivity contribution in [1.82, 2.24) is 5.32 Å². The molecular formula is C38H44F3NO15S2. The molecule has 4 aromatic rings. The number of carbonyl (C=O) groups is 1. The van der Waals surface area contributed by atoms with Crippen LogP contribution in [0.25, 0.3) is 0 Å². The quantitative estimate of drug-likeness (QED) is 0.0922. The van der Waals surface area contributed by atoms with Crippen LogP contribution < -0.4 is 24.3 Å². The topological polar surface area (TPSA) is 246 Å². The van der Waals surface area contributed by atoms with Gasteiger partial charge in [0.2, 0.25) is 12.6 Å². The van der Waals surface area contributed by atoms with Gasteiger partial charge in [0.05, 0.1) is 32.3 Å². The van der Waals surface area contributed by atoms with Crippen LogP contribution in [0.3, 0.4) is 0 Å². The molecule has 6 rings (SSSR count). The lowest BCUT2D eigenvalue weighted by Gasteiger charge is -2.39. The van der Waals surface area contributed by atoms with E-state index in [1.807, 2.05) is 12.1 Å². The molecular weight excluding hydrogens is 832 g/mol. The third-order valence-electron chi connectivity index (χ3n) is 9.20. The number of aliphatic hydroxyl groups is 8. The number of amides is 1. The van der Waals surface area contributed by atoms with Crippen molar-refractivity contribution in [3.05, 3.63) is 91.8 Å². The third-order valence-corrected chi connectivity index (χ3v) is 11.3. The summed E-state index contributed by atoms with van der Waals surface area (Å²) in [7, 11) is 3.07. The van der Waals surface area contributed by atoms with Crippen molar-refractivity contribution >= 4 is 28.6 Å². The van der Waals surface area contributed by atoms with Crippen molar-refractivity contribution in [3.63, 3.8) is 0 Å². The first-order valence-corrected chi connectivity index (χ1v) is 19.5. The van der Waals surface area contributed by atoms with Crippen LogP contribution in [-0.2, 0) is 28.6 Å². The fourth-order valence-corrected chi connectivity index (χ4v) is 7.58. The smallest absolute Gasteiger partial charge is 0.425 e. The van der Waals surface area contributed by atoms with Crippen molar-refractivity contribution in [1.29, 1.82) is 0 Å². The number of hydrogen-bond donors (Lipinski definition) is 9. The first kappa shape index (κ1) is 46.0. The zero-order valence-corrected chi connectivity index (χ0v) is 33.0. The number of halogens is 3. The largest absolute Gasteiger partial charge is 0.497 e. The molecule has 2 fully saturated rings. The molecule has 4 heterocycles. The van der Waals surface area contributed by atoms with E-state index in [9.17, 15) is 58.8 Å². The first-order chi connectivity index (χ1) is 28.1. The Morgan fingerprint density at radius 2 is 1.20 bits per heavy atom. The minimum absolute atomic E-state index is 0.109. The predicted octanol–water partition coefficient (Wildman–Crippen LogP) is 1.41. The first-order valence-electron chi connectivity index (χ1n) is 17.8. The highest BCUT2D eigenvalue weighted by Gasteiger charge is 2.46. The molecule has 0 bridgehead atoms. The number of benzene rings is 2. The third kappa shape index (κ3) is 11.4. The fourth-order valence-electron chi connectivity index (χ4n) is 5.85. The molecule has 0 saturated carbocycles. The number of ether oxygens (including phenoxy) is 6. The Bertz CT molecular complexity index is 1930. The van der Waals surface area contributed by atoms with Gasteiger partial charge in [0, 0.05) is 19.0 Å². The van der Waals surface area contributed by atoms with Gasteiger partial charge in [0.25, 0.3) is 5.91 Å². The average Bonchev–Trinajstić information content (AvgIpc) is 3.88. The number of methoxy groups -OCH3 is 2. The maximum Gasteiger partial charge on any atom is 0.425 e. The van der Waals surface area contributed by atoms with Gasteiger partial charge in [0.1, 0.15) is 81.6 Å². The van der Waals surface area contributed by atoms with Crippen molar-refractivity contribution in [2.75, 3.05) is 27.4 Å². The minimum Gasteiger partial charge on any atom is -0.497 e. The molecule has 2 saturated heterocycles. The molecule has 10 unspecified atom stereocenters. The van der Waals surface area contributed by atoms with Crippen LogP contribution >= 0.6 is 22.7 Å². The number of alkyl halides is 3. The van der Waals surface area contributed by atoms with Crippen LogP contribution in [0, 0.1) is 0 Å². The Morgan fingerprint density at radius 1 is 0.712 bits per heavy atom. The van der Waals surface area contributed by atoms with Crippen molar-refractivity contribution in [2.24, 2.45) is 0 Å². The van der Waals surface area contributed by atoms with Gasteiger partial charge in [-0.25, -0.2) is 0 Å². The zero-order valence-electron chi connectivity index (χ0n) is 31.3. The minimum atomic E-state index is -4.60. The zero-order chi connectivity index (χ0) is 43.0. The molecule has 0 radical (unpaired) electrons. The van der Waals surface area contributed by atoms with Gasteiger partial charge < -0.3 is 74.6 Å². The fraction of sp³-hybridized carbons (Fsp3) is 0.447. The summed E-state index contributed by atoms with van der Waals surface area (Å²) in [4.78, 5) is 12.1. The van der Waals surface area contributed by atoms with Gasteiger partial charge in [-0.3, -0.25) is 4.79 Å². The lowest BCUT2D eigenvalue weighted by molar-refractivity contribution is -0.277. The summed E-state index contributed by atoms with van der Waals surface area (Å²) in [6.45, 7) is -0.954. The second-order valence-electron chi connectivity index (χ2n) is 13.2. The van der Waals surface area contributed by atoms with E-state index >= 15 is 0 Å². The summed E-state index contributed by atoms with van der Waals surface area (Å²) in [6, 6.07) is 16.3. The average molecular weight is 876 g/mol. The van der Waals surface area contributed by atoms with Crippen LogP contribution in [0.15, 0.2) is 66.0 Å². The van der Waals surface area contributed by atoms with E-state index in [0.29, 0.717) is 34.9 Å². The molecule has 2 aliphatic rings. The maximum absolute atomic E-state index is 13.3. The number of hydrogen-bond acceptors (Lipinski definition) is 17. The van der Waals surface area contributed by atoms with Gasteiger partial charge >= 0.3 is 6.18 Å². The second kappa shape index (κ2) is 20.4. The molecule has 2 aromatic carbocycles. The Hall–Kier alpha value is -4.10. The molecule has 1 amide bonds. The number of rotatable bonds is 13. The van der Waals surface area contributed by atoms with E-state index in [2.05, 4.69) is 5.32 Å². The summed E-state index contributed by atoms with van der Waals surface area (Å²) in [5.74, 6) is 0.918. The normalized spacial score (nSPS) is 26.9. The van der Waals surface area contributed by atoms with Gasteiger partial charge in [-0.05, 0) is 46.8 Å². The molecule has 324 valence electrons. The number of carbonyl (C=O) groups excluding carboxylic acids is 1. The van der Waals surface area contributed by atoms with E-state index in [-0.39, 0.29) is 33.6 Å². The summed E-state index contributed by atoms with van der Waals surface area (Å²) in [5.41, 5.74) is 1.58. The maximum atomic E-state index is 13.3. The molecule has 2 aromatic heterocycles. The van der Waals surface area contributed by atoms with E-state index in [1.54, 1.807) is 48.9 Å². The Kier molecular flexibility index (Phi) is 15.9. The van der Waals surface area contributed by atoms with Gasteiger partial charge in [-0.15, -0.1) is 22.7 Å². The van der Waals surface area contributed by atoms with Crippen LogP contribution in [0.4, 0.5) is 13.2 Å². The van der Waals surface area contributed by atoms with Crippen molar-refractivity contribution in [2.45, 2.75) is 80.6 Å². The van der Waals surface area contributed by atoms with Crippen molar-refractivity contribution in [3.8, 4) is 23.0 Å². The van der Waals surface area contributed by atoms with E-state index in [0.717, 1.165) is 23.0 Å². The number of aliphatic hydroxyl groups excluding tert-OH is 8. The lowest BCUT2D eigenvalue weighted by Crippen LogP contribution is -2.60. The second-order valence-corrected chi connectivity index (χ2v) is 15.2. The van der Waals surface area contributed by atoms with Crippen LogP contribution in [0.1, 0.15) is 30.6 Å². The van der Waals surface area contributed by atoms with E-state index < -0.39 is 85.7 Å². The van der Waals surface area contributed by atoms with E-state index in [1.165, 1.54) is 13.2 Å². The molecule has 2 aliphatic heterocycles. The van der Waals surface area contributed by atoms with E-state index in [4.69, 9.17) is 28.4 Å². The number of thiophene rings is 2. The molecule has 10 atom stereocenters. The summed E-state index contributed by atoms with van der Waals surface area (Å²) < 4.78 is 71.5. The van der Waals surface area contributed by atoms with Crippen LogP contribution in [-0.4, -0.2) is 136 Å². The van der Waals surface area contributed by atoms with Crippen molar-refractivity contribution < 1.29 is 87.2 Å². The summed E-state index contributed by atoms with van der Waals surface area (Å²) in [6.07, 6.45) is -19.4. The molecule has 59 heavy (non-hydrogen) atoms. The summed E-state index contributed by atoms with van der Waals surface area (Å²) in [5, 5.41) is 82.6. The standard InChI is InChI=1S/C19H21F3O7S.C19H23NO8S/c1-27-10-4-2-9(3-5-10)6-13-11(7-14(30-13)19(20,21)22)28-18-17(26)16(25)15(24)12(8-23)29-18;1-26-11-4-2-10(3-5-11)8-20-18(25)17-12(6-7-29-17)27-19-16(24)15(23)14(22)13(9-21)28-19/h2-5,7,12,15-18,23-26H,6,8H2,1H3;2-7,13-16,19,21-24H,8-9H2,1H3,(H,20,25). The summed E-state index contributed by atoms with van der Waals surface area (Å²) >= 11 is 1.63. The Labute approximate surface area is 343 Å². The predicted molar refractivity (Wildman–Crippen MR) is 202 cm³/mol. The molecule has 16 nitrogen and oxygen atoms in total.